The molecule has 3 N–H and O–H groups in total. The number of carbonyl (C=O) groups excluding carboxylic acids is 2. The SMILES string of the molecule is CC(C)CCOc1ccc(C(=O)NNC(=S)NC(=O)c2cc(Br)ccc2OCCc2ccccc2)cc1. The van der Waals surface area contributed by atoms with Gasteiger partial charge in [-0.2, -0.15) is 0 Å². The minimum absolute atomic E-state index is 0.0535. The molecule has 0 radical (unpaired) electrons. The molecule has 0 aromatic heterocycles. The van der Waals surface area contributed by atoms with Crippen LogP contribution in [0.2, 0.25) is 0 Å². The van der Waals surface area contributed by atoms with Crippen molar-refractivity contribution in [3.63, 3.8) is 0 Å². The summed E-state index contributed by atoms with van der Waals surface area (Å²) in [4.78, 5) is 25.3. The van der Waals surface area contributed by atoms with Gasteiger partial charge < -0.3 is 9.47 Å². The summed E-state index contributed by atoms with van der Waals surface area (Å²) >= 11 is 8.57. The highest BCUT2D eigenvalue weighted by Gasteiger charge is 2.15. The van der Waals surface area contributed by atoms with Gasteiger partial charge in [0.05, 0.1) is 18.8 Å². The molecule has 3 aromatic carbocycles. The molecule has 37 heavy (non-hydrogen) atoms. The largest absolute Gasteiger partial charge is 0.494 e. The second-order valence-electron chi connectivity index (χ2n) is 8.64. The van der Waals surface area contributed by atoms with Crippen LogP contribution in [0.3, 0.4) is 0 Å². The van der Waals surface area contributed by atoms with E-state index in [2.05, 4.69) is 45.9 Å². The Kier molecular flexibility index (Phi) is 10.9. The van der Waals surface area contributed by atoms with Crippen molar-refractivity contribution in [3.05, 3.63) is 94.0 Å². The van der Waals surface area contributed by atoms with Crippen LogP contribution in [0, 0.1) is 5.92 Å². The Morgan fingerprint density at radius 2 is 1.62 bits per heavy atom. The number of halogens is 1. The van der Waals surface area contributed by atoms with Crippen molar-refractivity contribution in [2.24, 2.45) is 5.92 Å². The van der Waals surface area contributed by atoms with Crippen LogP contribution < -0.4 is 25.6 Å². The van der Waals surface area contributed by atoms with Crippen molar-refractivity contribution in [2.45, 2.75) is 26.7 Å². The lowest BCUT2D eigenvalue weighted by molar-refractivity contribution is 0.0933. The molecule has 0 aliphatic carbocycles. The number of benzene rings is 3. The van der Waals surface area contributed by atoms with Gasteiger partial charge in [0.1, 0.15) is 11.5 Å². The maximum Gasteiger partial charge on any atom is 0.269 e. The predicted octanol–water partition coefficient (Wildman–Crippen LogP) is 5.44. The number of hydrazine groups is 1. The Hall–Kier alpha value is -3.43. The molecular weight excluding hydrogens is 554 g/mol. The van der Waals surface area contributed by atoms with Crippen LogP contribution in [0.1, 0.15) is 46.5 Å². The number of ether oxygens (including phenoxy) is 2. The zero-order chi connectivity index (χ0) is 26.6. The monoisotopic (exact) mass is 583 g/mol. The highest BCUT2D eigenvalue weighted by Crippen LogP contribution is 2.23. The Morgan fingerprint density at radius 3 is 2.32 bits per heavy atom. The fourth-order valence-electron chi connectivity index (χ4n) is 3.23. The molecule has 0 bridgehead atoms. The van der Waals surface area contributed by atoms with Crippen LogP contribution in [-0.4, -0.2) is 30.1 Å². The summed E-state index contributed by atoms with van der Waals surface area (Å²) in [5.74, 6) is 0.814. The van der Waals surface area contributed by atoms with E-state index in [0.29, 0.717) is 48.2 Å². The molecule has 0 saturated heterocycles. The van der Waals surface area contributed by atoms with Gasteiger partial charge >= 0.3 is 0 Å². The van der Waals surface area contributed by atoms with Gasteiger partial charge in [-0.1, -0.05) is 60.1 Å². The van der Waals surface area contributed by atoms with E-state index in [1.54, 1.807) is 42.5 Å². The zero-order valence-electron chi connectivity index (χ0n) is 20.8. The third-order valence-electron chi connectivity index (χ3n) is 5.27. The molecule has 7 nitrogen and oxygen atoms in total. The van der Waals surface area contributed by atoms with Crippen LogP contribution in [0.25, 0.3) is 0 Å². The van der Waals surface area contributed by atoms with Crippen molar-refractivity contribution >= 4 is 45.1 Å². The minimum atomic E-state index is -0.467. The van der Waals surface area contributed by atoms with Gasteiger partial charge in [-0.25, -0.2) is 0 Å². The Morgan fingerprint density at radius 1 is 0.892 bits per heavy atom. The van der Waals surface area contributed by atoms with E-state index >= 15 is 0 Å². The maximum atomic E-state index is 12.9. The molecule has 0 saturated carbocycles. The zero-order valence-corrected chi connectivity index (χ0v) is 23.2. The normalized spacial score (nSPS) is 10.5. The van der Waals surface area contributed by atoms with Crippen LogP contribution in [0.5, 0.6) is 11.5 Å². The number of nitrogens with one attached hydrogen (secondary N) is 3. The van der Waals surface area contributed by atoms with Gasteiger partial charge in [-0.15, -0.1) is 0 Å². The first-order valence-electron chi connectivity index (χ1n) is 11.9. The molecule has 0 aliphatic rings. The molecule has 9 heteroatoms. The summed E-state index contributed by atoms with van der Waals surface area (Å²) in [6, 6.07) is 21.9. The first kappa shape index (κ1) is 28.1. The van der Waals surface area contributed by atoms with Gasteiger partial charge in [0, 0.05) is 16.5 Å². The van der Waals surface area contributed by atoms with Crippen molar-refractivity contribution in [3.8, 4) is 11.5 Å². The molecule has 0 heterocycles. The lowest BCUT2D eigenvalue weighted by Crippen LogP contribution is -2.48. The summed E-state index contributed by atoms with van der Waals surface area (Å²) < 4.78 is 12.3. The number of carbonyl (C=O) groups is 2. The van der Waals surface area contributed by atoms with Gasteiger partial charge in [0.25, 0.3) is 11.8 Å². The van der Waals surface area contributed by atoms with Crippen molar-refractivity contribution in [2.75, 3.05) is 13.2 Å². The maximum absolute atomic E-state index is 12.9. The van der Waals surface area contributed by atoms with E-state index in [9.17, 15) is 9.59 Å². The smallest absolute Gasteiger partial charge is 0.269 e. The summed E-state index contributed by atoms with van der Waals surface area (Å²) in [6.07, 6.45) is 1.66. The fourth-order valence-corrected chi connectivity index (χ4v) is 3.74. The summed E-state index contributed by atoms with van der Waals surface area (Å²) in [5.41, 5.74) is 6.91. The quantitative estimate of drug-likeness (QED) is 0.217. The molecule has 0 fully saturated rings. The van der Waals surface area contributed by atoms with Gasteiger partial charge in [0.2, 0.25) is 0 Å². The van der Waals surface area contributed by atoms with E-state index in [4.69, 9.17) is 21.7 Å². The number of hydrogen-bond acceptors (Lipinski definition) is 5. The average molecular weight is 585 g/mol. The lowest BCUT2D eigenvalue weighted by Gasteiger charge is -2.14. The van der Waals surface area contributed by atoms with Crippen molar-refractivity contribution in [1.82, 2.24) is 16.2 Å². The van der Waals surface area contributed by atoms with Crippen LogP contribution >= 0.6 is 28.1 Å². The topological polar surface area (TPSA) is 88.7 Å². The van der Waals surface area contributed by atoms with Gasteiger partial charge in [-0.3, -0.25) is 25.8 Å². The Balaban J connectivity index is 1.49. The Bertz CT molecular complexity index is 1200. The second-order valence-corrected chi connectivity index (χ2v) is 9.97. The van der Waals surface area contributed by atoms with E-state index in [1.807, 2.05) is 30.3 Å². The number of thiocarbonyl (C=S) groups is 1. The average Bonchev–Trinajstić information content (AvgIpc) is 2.89. The molecule has 3 aromatic rings. The molecule has 2 amide bonds. The molecule has 3 rings (SSSR count). The van der Waals surface area contributed by atoms with Crippen LogP contribution in [0.15, 0.2) is 77.3 Å². The van der Waals surface area contributed by atoms with Crippen LogP contribution in [0.4, 0.5) is 0 Å². The lowest BCUT2D eigenvalue weighted by atomic mass is 10.1. The van der Waals surface area contributed by atoms with Gasteiger partial charge in [-0.05, 0) is 72.6 Å². The van der Waals surface area contributed by atoms with E-state index in [1.165, 1.54) is 0 Å². The summed E-state index contributed by atoms with van der Waals surface area (Å²) in [7, 11) is 0. The van der Waals surface area contributed by atoms with E-state index < -0.39 is 11.8 Å². The fraction of sp³-hybridized carbons (Fsp3) is 0.250. The molecule has 0 aliphatic heterocycles. The number of amides is 2. The van der Waals surface area contributed by atoms with Gasteiger partial charge in [0.15, 0.2) is 5.11 Å². The minimum Gasteiger partial charge on any atom is -0.494 e. The second kappa shape index (κ2) is 14.3. The highest BCUT2D eigenvalue weighted by molar-refractivity contribution is 9.10. The standard InChI is InChI=1S/C28H30BrN3O4S/c1-19(2)14-16-35-23-11-8-21(9-12-23)26(33)31-32-28(37)30-27(34)24-18-22(29)10-13-25(24)36-17-15-20-6-4-3-5-7-20/h3-13,18-19H,14-17H2,1-2H3,(H,31,33)(H2,30,32,34,37). The van der Waals surface area contributed by atoms with Crippen molar-refractivity contribution < 1.29 is 19.1 Å². The van der Waals surface area contributed by atoms with E-state index in [0.717, 1.165) is 16.5 Å². The first-order chi connectivity index (χ1) is 17.8. The summed E-state index contributed by atoms with van der Waals surface area (Å²) in [6.45, 7) is 5.30. The van der Waals surface area contributed by atoms with Crippen LogP contribution in [-0.2, 0) is 6.42 Å². The molecule has 0 unspecified atom stereocenters. The third-order valence-corrected chi connectivity index (χ3v) is 5.97. The highest BCUT2D eigenvalue weighted by atomic mass is 79.9. The predicted molar refractivity (Wildman–Crippen MR) is 152 cm³/mol. The summed E-state index contributed by atoms with van der Waals surface area (Å²) in [5, 5.41) is 2.51. The molecule has 194 valence electrons. The van der Waals surface area contributed by atoms with Crippen molar-refractivity contribution in [1.29, 1.82) is 0 Å². The molecule has 0 atom stereocenters. The molecular formula is C28H30BrN3O4S. The first-order valence-corrected chi connectivity index (χ1v) is 13.1. The third kappa shape index (κ3) is 9.51. The number of rotatable bonds is 10. The van der Waals surface area contributed by atoms with E-state index in [-0.39, 0.29) is 5.11 Å². The Labute approximate surface area is 231 Å². The molecule has 0 spiro atoms. The number of hydrogen-bond donors (Lipinski definition) is 3.